The molecule has 2 heterocycles. The van der Waals surface area contributed by atoms with Crippen molar-refractivity contribution in [2.75, 3.05) is 26.4 Å². The molecule has 2 saturated heterocycles. The Morgan fingerprint density at radius 3 is 1.11 bits per heavy atom. The maximum absolute atomic E-state index is 14.3. The molecule has 0 amide bonds. The highest BCUT2D eigenvalue weighted by Crippen LogP contribution is 2.49. The molecule has 3 aliphatic rings. The van der Waals surface area contributed by atoms with Crippen molar-refractivity contribution in [3.8, 4) is 0 Å². The van der Waals surface area contributed by atoms with Crippen LogP contribution >= 0.6 is 7.82 Å². The van der Waals surface area contributed by atoms with Gasteiger partial charge in [0.1, 0.15) is 98.7 Å². The van der Waals surface area contributed by atoms with E-state index in [0.29, 0.717) is 25.2 Å². The number of phosphoric ester groups is 1. The maximum atomic E-state index is 14.3. The molecule has 572 valence electrons. The van der Waals surface area contributed by atoms with Crippen molar-refractivity contribution in [3.05, 3.63) is 0 Å². The number of aliphatic hydroxyl groups is 10. The Balaban J connectivity index is 1.74. The summed E-state index contributed by atoms with van der Waals surface area (Å²) in [5.74, 6) is -1.28. The molecule has 3 fully saturated rings. The molecule has 3 unspecified atom stereocenters. The molecule has 11 N–H and O–H groups in total. The van der Waals surface area contributed by atoms with Crippen LogP contribution in [0.3, 0.4) is 0 Å². The zero-order valence-corrected chi connectivity index (χ0v) is 60.7. The normalized spacial score (nSPS) is 28.1. The van der Waals surface area contributed by atoms with Crippen molar-refractivity contribution in [2.24, 2.45) is 5.92 Å². The number of rotatable bonds is 59. The number of unbranched alkanes of at least 4 members (excludes halogenated alkanes) is 34. The van der Waals surface area contributed by atoms with E-state index in [-0.39, 0.29) is 19.3 Å². The minimum absolute atomic E-state index is 0.0331. The molecule has 0 radical (unpaired) electrons. The number of ether oxygens (including phenoxy) is 7. The van der Waals surface area contributed by atoms with E-state index in [1.165, 1.54) is 141 Å². The zero-order valence-electron chi connectivity index (χ0n) is 59.8. The summed E-state index contributed by atoms with van der Waals surface area (Å²) < 4.78 is 65.1. The van der Waals surface area contributed by atoms with Gasteiger partial charge in [-0.05, 0) is 25.2 Å². The van der Waals surface area contributed by atoms with Crippen molar-refractivity contribution in [2.45, 2.75) is 408 Å². The van der Waals surface area contributed by atoms with Gasteiger partial charge in [0.25, 0.3) is 0 Å². The summed E-state index contributed by atoms with van der Waals surface area (Å²) in [6, 6.07) is 0. The van der Waals surface area contributed by atoms with E-state index in [0.717, 1.165) is 96.3 Å². The summed E-state index contributed by atoms with van der Waals surface area (Å²) in [7, 11) is -5.69. The minimum atomic E-state index is -5.69. The average Bonchev–Trinajstić information content (AvgIpc) is 0.770. The third-order valence-electron chi connectivity index (χ3n) is 19.3. The lowest BCUT2D eigenvalue weighted by Gasteiger charge is -2.49. The van der Waals surface area contributed by atoms with Crippen LogP contribution in [0.2, 0.25) is 0 Å². The van der Waals surface area contributed by atoms with Crippen LogP contribution in [-0.4, -0.2) is 204 Å². The number of hydrogen-bond donors (Lipinski definition) is 11. The van der Waals surface area contributed by atoms with Crippen LogP contribution in [-0.2, 0) is 61.2 Å². The Morgan fingerprint density at radius 1 is 0.392 bits per heavy atom. The Kier molecular flexibility index (Phi) is 49.4. The van der Waals surface area contributed by atoms with Crippen LogP contribution in [0, 0.1) is 5.92 Å². The van der Waals surface area contributed by atoms with Gasteiger partial charge in [0, 0.05) is 19.3 Å². The van der Waals surface area contributed by atoms with Gasteiger partial charge < -0.3 is 89.1 Å². The molecule has 1 aliphatic carbocycles. The van der Waals surface area contributed by atoms with Crippen LogP contribution in [0.15, 0.2) is 0 Å². The smallest absolute Gasteiger partial charge is 0.463 e. The van der Waals surface area contributed by atoms with E-state index in [2.05, 4.69) is 27.7 Å². The van der Waals surface area contributed by atoms with Gasteiger partial charge in [-0.15, -0.1) is 0 Å². The average molecular weight is 1420 g/mol. The number of esters is 3. The van der Waals surface area contributed by atoms with Crippen LogP contribution < -0.4 is 0 Å². The van der Waals surface area contributed by atoms with Gasteiger partial charge in [0.2, 0.25) is 0 Å². The molecule has 24 nitrogen and oxygen atoms in total. The first-order chi connectivity index (χ1) is 46.7. The first-order valence-corrected chi connectivity index (χ1v) is 39.7. The molecule has 97 heavy (non-hydrogen) atoms. The Morgan fingerprint density at radius 2 is 0.722 bits per heavy atom. The van der Waals surface area contributed by atoms with Gasteiger partial charge >= 0.3 is 25.7 Å². The Hall–Kier alpha value is -2.04. The molecule has 0 spiro atoms. The summed E-state index contributed by atoms with van der Waals surface area (Å²) in [5.41, 5.74) is 0. The number of carbonyl (C=O) groups is 3. The quantitative estimate of drug-likeness (QED) is 0.0117. The second-order valence-electron chi connectivity index (χ2n) is 28.0. The number of carbonyl (C=O) groups excluding carboxylic acids is 3. The van der Waals surface area contributed by atoms with E-state index < -0.39 is 156 Å². The standard InChI is InChI=1S/C72H135O24P/c1-5-8-11-14-17-19-21-23-25-27-29-35-41-46-57(75)89-51-55-60(78)62(80)67(85)72(93-55)95-69-65(83)63(81)64(82)68(94-71-66(84)61(79)59(77)54(48-73)92-71)70(69)96-97(86,87)90-50-53(91-58(76)47-42-37-30-28-26-24-22-20-18-15-12-9-6-2)49-88-56(74)45-40-36-32-31-34-39-44-52(4)43-38-33-16-13-10-7-3/h52-55,59-73,77-85H,5-51H2,1-4H3,(H,86,87)/t52?,53-,54-,55-,59-,60-,61+,62+,63?,64+,65-,66+,67+,68-,69-,70+,71-,72-/m1/s1. The third-order valence-corrected chi connectivity index (χ3v) is 20.3. The van der Waals surface area contributed by atoms with Gasteiger partial charge in [0.05, 0.1) is 13.2 Å². The molecule has 0 aromatic carbocycles. The Labute approximate surface area is 580 Å². The summed E-state index contributed by atoms with van der Waals surface area (Å²) in [6.45, 7) is 5.79. The highest BCUT2D eigenvalue weighted by Gasteiger charge is 2.58. The zero-order chi connectivity index (χ0) is 71.2. The molecule has 3 rings (SSSR count). The fourth-order valence-electron chi connectivity index (χ4n) is 12.9. The minimum Gasteiger partial charge on any atom is -0.463 e. The monoisotopic (exact) mass is 1410 g/mol. The fraction of sp³-hybridized carbons (Fsp3) is 0.958. The molecule has 0 bridgehead atoms. The van der Waals surface area contributed by atoms with Crippen molar-refractivity contribution >= 4 is 25.7 Å². The van der Waals surface area contributed by atoms with Crippen molar-refractivity contribution in [1.82, 2.24) is 0 Å². The summed E-state index contributed by atoms with van der Waals surface area (Å²) in [4.78, 5) is 51.0. The SMILES string of the molecule is CCCCCCCCCCCCCCCC(=O)OC[C@H]1O[C@H](O[C@H]2[C@@H](OP(=O)(O)OC[C@@H](COC(=O)CCCCCCCCC(C)CCCCCCCC)OC(=O)CCCCCCCCCCCCCCC)[C@H](O[C@H]3O[C@H](CO)[C@@H](O)[C@H](O)[C@@H]3O)[C@@H](O)C(O)[C@H]2O)[C@@H](O)[C@@H](O)[C@@H]1O. The lowest BCUT2D eigenvalue weighted by Crippen LogP contribution is -2.69. The highest BCUT2D eigenvalue weighted by atomic mass is 31.2. The van der Waals surface area contributed by atoms with Crippen LogP contribution in [0.5, 0.6) is 0 Å². The number of phosphoric acid groups is 1. The molecule has 2 aliphatic heterocycles. The topological polar surface area (TPSA) is 374 Å². The molecule has 19 atom stereocenters. The summed E-state index contributed by atoms with van der Waals surface area (Å²) >= 11 is 0. The summed E-state index contributed by atoms with van der Waals surface area (Å²) in [5, 5.41) is 110. The molecule has 25 heteroatoms. The second kappa shape index (κ2) is 53.7. The van der Waals surface area contributed by atoms with E-state index >= 15 is 0 Å². The van der Waals surface area contributed by atoms with E-state index in [1.807, 2.05) is 0 Å². The first kappa shape index (κ1) is 89.2. The molecular weight excluding hydrogens is 1280 g/mol. The van der Waals surface area contributed by atoms with E-state index in [1.54, 1.807) is 0 Å². The van der Waals surface area contributed by atoms with Crippen molar-refractivity contribution < 1.29 is 117 Å². The lowest BCUT2D eigenvalue weighted by atomic mass is 9.84. The highest BCUT2D eigenvalue weighted by molar-refractivity contribution is 7.47. The predicted octanol–water partition coefficient (Wildman–Crippen LogP) is 10.4. The van der Waals surface area contributed by atoms with Crippen LogP contribution in [0.4, 0.5) is 0 Å². The lowest BCUT2D eigenvalue weighted by molar-refractivity contribution is -0.360. The van der Waals surface area contributed by atoms with Crippen molar-refractivity contribution in [1.29, 1.82) is 0 Å². The third kappa shape index (κ3) is 37.3. The maximum Gasteiger partial charge on any atom is 0.472 e. The fourth-order valence-corrected chi connectivity index (χ4v) is 13.9. The molecule has 1 saturated carbocycles. The molecule has 0 aromatic rings. The largest absolute Gasteiger partial charge is 0.472 e. The second-order valence-corrected chi connectivity index (χ2v) is 29.4. The molecule has 0 aromatic heterocycles. The van der Waals surface area contributed by atoms with Crippen LogP contribution in [0.1, 0.15) is 304 Å². The van der Waals surface area contributed by atoms with Crippen molar-refractivity contribution in [3.63, 3.8) is 0 Å². The number of aliphatic hydroxyl groups excluding tert-OH is 10. The van der Waals surface area contributed by atoms with E-state index in [4.69, 9.17) is 42.2 Å². The van der Waals surface area contributed by atoms with Gasteiger partial charge in [0.15, 0.2) is 18.7 Å². The van der Waals surface area contributed by atoms with Gasteiger partial charge in [-0.3, -0.25) is 23.4 Å². The van der Waals surface area contributed by atoms with Gasteiger partial charge in [-0.25, -0.2) is 4.57 Å². The predicted molar refractivity (Wildman–Crippen MR) is 365 cm³/mol. The molecular formula is C72H135O24P. The van der Waals surface area contributed by atoms with E-state index in [9.17, 15) is 74.9 Å². The summed E-state index contributed by atoms with van der Waals surface area (Å²) in [6.07, 6.45) is 8.88. The van der Waals surface area contributed by atoms with Gasteiger partial charge in [-0.1, -0.05) is 265 Å². The number of hydrogen-bond acceptors (Lipinski definition) is 23. The van der Waals surface area contributed by atoms with Gasteiger partial charge in [-0.2, -0.15) is 0 Å². The first-order valence-electron chi connectivity index (χ1n) is 38.2. The Bertz CT molecular complexity index is 2030. The van der Waals surface area contributed by atoms with Crippen LogP contribution in [0.25, 0.3) is 0 Å².